The van der Waals surface area contributed by atoms with Crippen LogP contribution in [0.4, 0.5) is 0 Å². The topological polar surface area (TPSA) is 98.5 Å². The van der Waals surface area contributed by atoms with Gasteiger partial charge in [0.05, 0.1) is 25.4 Å². The maximum atomic E-state index is 13.3. The third-order valence-corrected chi connectivity index (χ3v) is 5.83. The van der Waals surface area contributed by atoms with Crippen LogP contribution in [-0.4, -0.2) is 64.5 Å². The molecule has 0 radical (unpaired) electrons. The Morgan fingerprint density at radius 3 is 2.24 bits per heavy atom. The summed E-state index contributed by atoms with van der Waals surface area (Å²) in [4.78, 5) is 41.6. The fraction of sp³-hybridized carbons (Fsp3) is 0.360. The molecular weight excluding hydrogens is 434 g/mol. The quantitative estimate of drug-likeness (QED) is 0.564. The molecule has 2 aromatic carbocycles. The van der Waals surface area contributed by atoms with E-state index in [0.717, 1.165) is 39.0 Å². The fourth-order valence-corrected chi connectivity index (χ4v) is 3.76. The van der Waals surface area contributed by atoms with Crippen molar-refractivity contribution in [1.29, 1.82) is 0 Å². The zero-order valence-electron chi connectivity index (χ0n) is 19.5. The van der Waals surface area contributed by atoms with Crippen LogP contribution in [0.25, 0.3) is 5.69 Å². The lowest BCUT2D eigenvalue weighted by atomic mass is 10.1. The SMILES string of the molecule is Cc1ccc(Cn2c(=O)c(C(=O)NCCN3CCOCC3)nn(-c3ccc(C)cc3)c2=O)cc1. The number of hydrogen-bond acceptors (Lipinski definition) is 6. The van der Waals surface area contributed by atoms with Crippen molar-refractivity contribution < 1.29 is 9.53 Å². The molecule has 0 unspecified atom stereocenters. The summed E-state index contributed by atoms with van der Waals surface area (Å²) in [5, 5.41) is 6.96. The molecule has 1 aliphatic heterocycles. The van der Waals surface area contributed by atoms with Crippen molar-refractivity contribution in [2.75, 3.05) is 39.4 Å². The molecule has 0 spiro atoms. The predicted molar refractivity (Wildman–Crippen MR) is 129 cm³/mol. The smallest absolute Gasteiger partial charge is 0.352 e. The van der Waals surface area contributed by atoms with Gasteiger partial charge in [0.25, 0.3) is 11.5 Å². The van der Waals surface area contributed by atoms with Gasteiger partial charge < -0.3 is 10.1 Å². The number of morpholine rings is 1. The largest absolute Gasteiger partial charge is 0.379 e. The van der Waals surface area contributed by atoms with Gasteiger partial charge in [-0.3, -0.25) is 19.1 Å². The Morgan fingerprint density at radius 2 is 1.59 bits per heavy atom. The van der Waals surface area contributed by atoms with Crippen LogP contribution in [0.3, 0.4) is 0 Å². The van der Waals surface area contributed by atoms with Crippen LogP contribution in [0.5, 0.6) is 0 Å². The number of rotatable bonds is 7. The highest BCUT2D eigenvalue weighted by atomic mass is 16.5. The van der Waals surface area contributed by atoms with Gasteiger partial charge in [-0.05, 0) is 31.5 Å². The molecule has 9 nitrogen and oxygen atoms in total. The molecular formula is C25H29N5O4. The maximum Gasteiger partial charge on any atom is 0.352 e. The van der Waals surface area contributed by atoms with Gasteiger partial charge in [-0.2, -0.15) is 9.78 Å². The molecule has 1 amide bonds. The molecule has 1 saturated heterocycles. The lowest BCUT2D eigenvalue weighted by Gasteiger charge is -2.26. The van der Waals surface area contributed by atoms with Crippen molar-refractivity contribution in [3.63, 3.8) is 0 Å². The number of amides is 1. The van der Waals surface area contributed by atoms with E-state index in [-0.39, 0.29) is 12.2 Å². The molecule has 2 heterocycles. The number of benzene rings is 2. The van der Waals surface area contributed by atoms with Crippen molar-refractivity contribution in [3.05, 3.63) is 91.8 Å². The fourth-order valence-electron chi connectivity index (χ4n) is 3.76. The Morgan fingerprint density at radius 1 is 0.971 bits per heavy atom. The summed E-state index contributed by atoms with van der Waals surface area (Å²) < 4.78 is 7.52. The van der Waals surface area contributed by atoms with Crippen molar-refractivity contribution >= 4 is 5.91 Å². The van der Waals surface area contributed by atoms with Gasteiger partial charge in [-0.1, -0.05) is 47.5 Å². The van der Waals surface area contributed by atoms with Gasteiger partial charge in [-0.25, -0.2) is 4.79 Å². The van der Waals surface area contributed by atoms with E-state index in [9.17, 15) is 14.4 Å². The van der Waals surface area contributed by atoms with Crippen molar-refractivity contribution in [2.24, 2.45) is 0 Å². The van der Waals surface area contributed by atoms with Crippen LogP contribution in [0.15, 0.2) is 58.1 Å². The summed E-state index contributed by atoms with van der Waals surface area (Å²) in [5.41, 5.74) is 1.74. The highest BCUT2D eigenvalue weighted by molar-refractivity contribution is 5.91. The minimum atomic E-state index is -0.710. The van der Waals surface area contributed by atoms with E-state index in [1.54, 1.807) is 12.1 Å². The summed E-state index contributed by atoms with van der Waals surface area (Å²) in [6.45, 7) is 7.89. The molecule has 0 bridgehead atoms. The lowest BCUT2D eigenvalue weighted by molar-refractivity contribution is 0.0383. The third-order valence-electron chi connectivity index (χ3n) is 5.83. The number of aromatic nitrogens is 3. The lowest BCUT2D eigenvalue weighted by Crippen LogP contribution is -2.47. The monoisotopic (exact) mass is 463 g/mol. The third kappa shape index (κ3) is 5.49. The Hall–Kier alpha value is -3.56. The number of ether oxygens (including phenoxy) is 1. The minimum absolute atomic E-state index is 0.0420. The maximum absolute atomic E-state index is 13.3. The molecule has 178 valence electrons. The summed E-state index contributed by atoms with van der Waals surface area (Å²) in [5.74, 6) is -0.600. The molecule has 9 heteroatoms. The van der Waals surface area contributed by atoms with Gasteiger partial charge in [0, 0.05) is 26.2 Å². The van der Waals surface area contributed by atoms with E-state index in [2.05, 4.69) is 15.3 Å². The second kappa shape index (κ2) is 10.6. The first-order valence-corrected chi connectivity index (χ1v) is 11.4. The highest BCUT2D eigenvalue weighted by Crippen LogP contribution is 2.07. The van der Waals surface area contributed by atoms with Crippen molar-refractivity contribution in [2.45, 2.75) is 20.4 Å². The van der Waals surface area contributed by atoms with E-state index in [1.165, 1.54) is 0 Å². The number of nitrogens with one attached hydrogen (secondary N) is 1. The molecule has 4 rings (SSSR count). The molecule has 0 atom stereocenters. The van der Waals surface area contributed by atoms with Crippen LogP contribution >= 0.6 is 0 Å². The molecule has 3 aromatic rings. The van der Waals surface area contributed by atoms with Gasteiger partial charge in [-0.15, -0.1) is 0 Å². The van der Waals surface area contributed by atoms with Gasteiger partial charge in [0.1, 0.15) is 0 Å². The molecule has 1 fully saturated rings. The number of nitrogens with zero attached hydrogens (tertiary/aromatic N) is 4. The predicted octanol–water partition coefficient (Wildman–Crippen LogP) is 1.12. The van der Waals surface area contributed by atoms with E-state index < -0.39 is 17.2 Å². The average molecular weight is 464 g/mol. The normalized spacial score (nSPS) is 14.2. The van der Waals surface area contributed by atoms with E-state index >= 15 is 0 Å². The summed E-state index contributed by atoms with van der Waals surface area (Å²) in [6.07, 6.45) is 0. The Bertz CT molecular complexity index is 1260. The summed E-state index contributed by atoms with van der Waals surface area (Å²) in [7, 11) is 0. The van der Waals surface area contributed by atoms with Crippen LogP contribution < -0.4 is 16.6 Å². The van der Waals surface area contributed by atoms with E-state index in [4.69, 9.17) is 4.74 Å². The van der Waals surface area contributed by atoms with Gasteiger partial charge in [0.15, 0.2) is 0 Å². The molecule has 34 heavy (non-hydrogen) atoms. The van der Waals surface area contributed by atoms with Crippen molar-refractivity contribution in [1.82, 2.24) is 24.6 Å². The van der Waals surface area contributed by atoms with Gasteiger partial charge >= 0.3 is 5.69 Å². The molecule has 1 N–H and O–H groups in total. The number of carbonyl (C=O) groups excluding carboxylic acids is 1. The zero-order valence-corrected chi connectivity index (χ0v) is 19.5. The number of hydrogen-bond donors (Lipinski definition) is 1. The molecule has 1 aromatic heterocycles. The Labute approximate surface area is 197 Å². The van der Waals surface area contributed by atoms with Crippen molar-refractivity contribution in [3.8, 4) is 5.69 Å². The summed E-state index contributed by atoms with van der Waals surface area (Å²) in [6, 6.07) is 14.7. The summed E-state index contributed by atoms with van der Waals surface area (Å²) >= 11 is 0. The number of aryl methyl sites for hydroxylation is 2. The van der Waals surface area contributed by atoms with Crippen LogP contribution in [-0.2, 0) is 11.3 Å². The minimum Gasteiger partial charge on any atom is -0.379 e. The first-order valence-electron chi connectivity index (χ1n) is 11.4. The van der Waals surface area contributed by atoms with E-state index in [0.29, 0.717) is 32.0 Å². The molecule has 0 aliphatic carbocycles. The Balaban J connectivity index is 1.66. The van der Waals surface area contributed by atoms with Gasteiger partial charge in [0.2, 0.25) is 5.69 Å². The highest BCUT2D eigenvalue weighted by Gasteiger charge is 2.21. The van der Waals surface area contributed by atoms with E-state index in [1.807, 2.05) is 50.2 Å². The van der Waals surface area contributed by atoms with Crippen LogP contribution in [0.1, 0.15) is 27.2 Å². The Kier molecular flexibility index (Phi) is 7.34. The first-order chi connectivity index (χ1) is 16.4. The average Bonchev–Trinajstić information content (AvgIpc) is 2.84. The van der Waals surface area contributed by atoms with Crippen LogP contribution in [0.2, 0.25) is 0 Å². The number of carbonyl (C=O) groups is 1. The second-order valence-electron chi connectivity index (χ2n) is 8.47. The molecule has 0 saturated carbocycles. The standard InChI is InChI=1S/C25H29N5O4/c1-18-3-7-20(8-4-18)17-29-24(32)22(23(31)26-11-12-28-13-15-34-16-14-28)27-30(25(29)33)21-9-5-19(2)6-10-21/h3-10H,11-17H2,1-2H3,(H,26,31). The zero-order chi connectivity index (χ0) is 24.1. The second-order valence-corrected chi connectivity index (χ2v) is 8.47. The first kappa shape index (κ1) is 23.6. The molecule has 1 aliphatic rings. The van der Waals surface area contributed by atoms with Crippen LogP contribution in [0, 0.1) is 13.8 Å².